The Bertz CT molecular complexity index is 851. The van der Waals surface area contributed by atoms with Crippen LogP contribution in [0.3, 0.4) is 0 Å². The fourth-order valence-corrected chi connectivity index (χ4v) is 5.45. The number of aryl methyl sites for hydroxylation is 3. The van der Waals surface area contributed by atoms with Crippen molar-refractivity contribution in [1.82, 2.24) is 9.55 Å². The molecule has 2 aliphatic rings. The van der Waals surface area contributed by atoms with Gasteiger partial charge in [-0.3, -0.25) is 4.79 Å². The number of hydrogen-bond donors (Lipinski definition) is 1. The molecular formula is C22H29N3OS. The minimum atomic E-state index is -0.181. The van der Waals surface area contributed by atoms with Crippen molar-refractivity contribution in [2.75, 3.05) is 5.32 Å². The number of benzene rings is 1. The molecule has 0 spiro atoms. The van der Waals surface area contributed by atoms with E-state index in [9.17, 15) is 4.79 Å². The van der Waals surface area contributed by atoms with Gasteiger partial charge in [0, 0.05) is 17.4 Å². The predicted octanol–water partition coefficient (Wildman–Crippen LogP) is 5.22. The molecule has 1 aromatic carbocycles. The van der Waals surface area contributed by atoms with E-state index in [0.717, 1.165) is 23.0 Å². The molecule has 2 aromatic rings. The molecule has 1 heterocycles. The van der Waals surface area contributed by atoms with Crippen molar-refractivity contribution in [2.24, 2.45) is 0 Å². The van der Waals surface area contributed by atoms with Crippen LogP contribution < -0.4 is 5.32 Å². The van der Waals surface area contributed by atoms with Gasteiger partial charge in [-0.2, -0.15) is 0 Å². The first-order chi connectivity index (χ1) is 13.0. The zero-order valence-corrected chi connectivity index (χ0v) is 17.4. The molecule has 144 valence electrons. The maximum atomic E-state index is 12.8. The van der Waals surface area contributed by atoms with E-state index in [2.05, 4.69) is 35.9 Å². The van der Waals surface area contributed by atoms with Gasteiger partial charge in [0.1, 0.15) is 0 Å². The number of hydrogen-bond acceptors (Lipinski definition) is 3. The largest absolute Gasteiger partial charge is 0.325 e. The van der Waals surface area contributed by atoms with E-state index < -0.39 is 0 Å². The minimum Gasteiger partial charge on any atom is -0.325 e. The molecular weight excluding hydrogens is 354 g/mol. The Balaban J connectivity index is 1.46. The van der Waals surface area contributed by atoms with Crippen molar-refractivity contribution >= 4 is 23.4 Å². The number of aromatic nitrogens is 2. The number of rotatable bonds is 5. The van der Waals surface area contributed by atoms with Crippen LogP contribution >= 0.6 is 11.8 Å². The number of thioether (sulfide) groups is 1. The van der Waals surface area contributed by atoms with Gasteiger partial charge in [0.15, 0.2) is 5.16 Å². The van der Waals surface area contributed by atoms with E-state index in [1.807, 2.05) is 13.0 Å². The highest BCUT2D eigenvalue weighted by Gasteiger charge is 2.26. The lowest BCUT2D eigenvalue weighted by atomic mass is 10.1. The van der Waals surface area contributed by atoms with Crippen LogP contribution in [0.5, 0.6) is 0 Å². The van der Waals surface area contributed by atoms with Crippen LogP contribution in [-0.2, 0) is 17.6 Å². The molecule has 4 rings (SSSR count). The molecule has 1 amide bonds. The number of anilines is 1. The van der Waals surface area contributed by atoms with E-state index in [0.29, 0.717) is 6.04 Å². The monoisotopic (exact) mass is 383 g/mol. The summed E-state index contributed by atoms with van der Waals surface area (Å²) in [5, 5.41) is 3.92. The number of fused-ring (bicyclic) bond motifs is 1. The Labute approximate surface area is 166 Å². The normalized spacial score (nSPS) is 17.9. The predicted molar refractivity (Wildman–Crippen MR) is 112 cm³/mol. The summed E-state index contributed by atoms with van der Waals surface area (Å²) in [5.41, 5.74) is 6.06. The quantitative estimate of drug-likeness (QED) is 0.720. The van der Waals surface area contributed by atoms with Gasteiger partial charge in [-0.15, -0.1) is 0 Å². The summed E-state index contributed by atoms with van der Waals surface area (Å²) in [6.45, 7) is 6.20. The Morgan fingerprint density at radius 1 is 1.19 bits per heavy atom. The number of nitrogens with zero attached hydrogens (tertiary/aromatic N) is 2. The highest BCUT2D eigenvalue weighted by Crippen LogP contribution is 2.36. The standard InChI is InChI=1S/C22H29N3OS/c1-14-15(2)25(20-9-4-5-10-20)22(23-14)27-16(3)21(26)24-19-12-11-17-7-6-8-18(17)13-19/h11-13,16,20H,4-10H2,1-3H3,(H,24,26)/t16-/m1/s1. The fraction of sp³-hybridized carbons (Fsp3) is 0.545. The molecule has 5 heteroatoms. The van der Waals surface area contributed by atoms with Gasteiger partial charge in [-0.25, -0.2) is 4.98 Å². The number of carbonyl (C=O) groups excluding carboxylic acids is 1. The SMILES string of the molecule is Cc1nc(S[C@H](C)C(=O)Nc2ccc3c(c2)CCC3)n(C2CCCC2)c1C. The molecule has 0 saturated heterocycles. The second-order valence-electron chi connectivity index (χ2n) is 7.96. The first-order valence-corrected chi connectivity index (χ1v) is 11.1. The van der Waals surface area contributed by atoms with Crippen LogP contribution in [0.1, 0.15) is 67.6 Å². The lowest BCUT2D eigenvalue weighted by Gasteiger charge is -2.19. The van der Waals surface area contributed by atoms with Crippen molar-refractivity contribution in [3.05, 3.63) is 40.7 Å². The highest BCUT2D eigenvalue weighted by atomic mass is 32.2. The van der Waals surface area contributed by atoms with E-state index in [4.69, 9.17) is 4.98 Å². The Hall–Kier alpha value is -1.75. The molecule has 2 aliphatic carbocycles. The van der Waals surface area contributed by atoms with Crippen LogP contribution in [0.4, 0.5) is 5.69 Å². The van der Waals surface area contributed by atoms with Gasteiger partial charge in [0.2, 0.25) is 5.91 Å². The minimum absolute atomic E-state index is 0.0502. The Morgan fingerprint density at radius 2 is 1.93 bits per heavy atom. The molecule has 1 fully saturated rings. The molecule has 1 aromatic heterocycles. The molecule has 0 unspecified atom stereocenters. The summed E-state index contributed by atoms with van der Waals surface area (Å²) < 4.78 is 2.38. The summed E-state index contributed by atoms with van der Waals surface area (Å²) in [6.07, 6.45) is 8.54. The van der Waals surface area contributed by atoms with E-state index in [-0.39, 0.29) is 11.2 Å². The van der Waals surface area contributed by atoms with Gasteiger partial charge in [-0.05, 0) is 76.1 Å². The van der Waals surface area contributed by atoms with Gasteiger partial charge in [0.05, 0.1) is 10.9 Å². The van der Waals surface area contributed by atoms with E-state index in [1.165, 1.54) is 55.3 Å². The number of imidazole rings is 1. The van der Waals surface area contributed by atoms with Gasteiger partial charge in [0.25, 0.3) is 0 Å². The highest BCUT2D eigenvalue weighted by molar-refractivity contribution is 8.00. The van der Waals surface area contributed by atoms with Gasteiger partial charge < -0.3 is 9.88 Å². The van der Waals surface area contributed by atoms with Crippen LogP contribution in [-0.4, -0.2) is 20.7 Å². The van der Waals surface area contributed by atoms with Crippen molar-refractivity contribution in [2.45, 2.75) is 82.2 Å². The summed E-state index contributed by atoms with van der Waals surface area (Å²) in [5.74, 6) is 0.0502. The molecule has 27 heavy (non-hydrogen) atoms. The van der Waals surface area contributed by atoms with Crippen molar-refractivity contribution in [3.8, 4) is 0 Å². The lowest BCUT2D eigenvalue weighted by Crippen LogP contribution is -2.23. The lowest BCUT2D eigenvalue weighted by molar-refractivity contribution is -0.115. The molecule has 1 N–H and O–H groups in total. The summed E-state index contributed by atoms with van der Waals surface area (Å²) >= 11 is 1.58. The van der Waals surface area contributed by atoms with E-state index in [1.54, 1.807) is 11.8 Å². The maximum Gasteiger partial charge on any atom is 0.237 e. The second kappa shape index (κ2) is 7.70. The van der Waals surface area contributed by atoms with Crippen LogP contribution in [0.15, 0.2) is 23.4 Å². The molecule has 1 atom stereocenters. The Kier molecular flexibility index (Phi) is 5.31. The third-order valence-corrected chi connectivity index (χ3v) is 7.13. The topological polar surface area (TPSA) is 46.9 Å². The van der Waals surface area contributed by atoms with Gasteiger partial charge >= 0.3 is 0 Å². The molecule has 0 radical (unpaired) electrons. The van der Waals surface area contributed by atoms with Crippen molar-refractivity contribution in [1.29, 1.82) is 0 Å². The average molecular weight is 384 g/mol. The third-order valence-electron chi connectivity index (χ3n) is 6.06. The molecule has 0 aliphatic heterocycles. The van der Waals surface area contributed by atoms with Crippen LogP contribution in [0.2, 0.25) is 0 Å². The van der Waals surface area contributed by atoms with Crippen molar-refractivity contribution in [3.63, 3.8) is 0 Å². The number of nitrogens with one attached hydrogen (secondary N) is 1. The van der Waals surface area contributed by atoms with Crippen LogP contribution in [0, 0.1) is 13.8 Å². The molecule has 0 bridgehead atoms. The second-order valence-corrected chi connectivity index (χ2v) is 9.27. The first kappa shape index (κ1) is 18.6. The van der Waals surface area contributed by atoms with Crippen molar-refractivity contribution < 1.29 is 4.79 Å². The summed E-state index contributed by atoms with van der Waals surface area (Å²) in [7, 11) is 0. The average Bonchev–Trinajstić information content (AvgIpc) is 3.36. The first-order valence-electron chi connectivity index (χ1n) is 10.2. The van der Waals surface area contributed by atoms with Crippen LogP contribution in [0.25, 0.3) is 0 Å². The third kappa shape index (κ3) is 3.79. The molecule has 1 saturated carbocycles. The maximum absolute atomic E-state index is 12.8. The number of carbonyl (C=O) groups is 1. The number of amides is 1. The zero-order valence-electron chi connectivity index (χ0n) is 16.5. The van der Waals surface area contributed by atoms with E-state index >= 15 is 0 Å². The molecule has 4 nitrogen and oxygen atoms in total. The Morgan fingerprint density at radius 3 is 2.70 bits per heavy atom. The fourth-order valence-electron chi connectivity index (χ4n) is 4.38. The summed E-state index contributed by atoms with van der Waals surface area (Å²) in [6, 6.07) is 6.88. The van der Waals surface area contributed by atoms with Gasteiger partial charge in [-0.1, -0.05) is 30.7 Å². The smallest absolute Gasteiger partial charge is 0.237 e. The zero-order chi connectivity index (χ0) is 19.0. The summed E-state index contributed by atoms with van der Waals surface area (Å²) in [4.78, 5) is 17.5.